The molecule has 5 rings (SSSR count). The van der Waals surface area contributed by atoms with Crippen LogP contribution in [0.25, 0.3) is 5.69 Å². The van der Waals surface area contributed by atoms with E-state index in [4.69, 9.17) is 26.2 Å². The molecule has 0 radical (unpaired) electrons. The fourth-order valence-corrected chi connectivity index (χ4v) is 5.28. The van der Waals surface area contributed by atoms with Crippen LogP contribution < -0.4 is 0 Å². The molecule has 0 spiro atoms. The number of aryl methyl sites for hydroxylation is 1. The van der Waals surface area contributed by atoms with Crippen LogP contribution in [0, 0.1) is 19.3 Å². The number of aromatic nitrogens is 2. The van der Waals surface area contributed by atoms with Crippen molar-refractivity contribution in [2.45, 2.75) is 52.4 Å². The van der Waals surface area contributed by atoms with Gasteiger partial charge in [0.2, 0.25) is 11.9 Å². The van der Waals surface area contributed by atoms with E-state index >= 15 is 0 Å². The summed E-state index contributed by atoms with van der Waals surface area (Å²) in [5, 5.41) is 5.53. The van der Waals surface area contributed by atoms with Crippen molar-refractivity contribution < 1.29 is 14.3 Å². The molecule has 0 amide bonds. The minimum Gasteiger partial charge on any atom is -0.433 e. The van der Waals surface area contributed by atoms with Crippen LogP contribution in [0.4, 0.5) is 0 Å². The SMILES string of the molecule is Cc1nn(-c2ccccc2)c(C)c1[C@@H](c1ccc(Cl)cc1)[C@@]1(c2ccccc2)O[C@H](C(C)(C)C)OC1=O. The largest absolute Gasteiger partial charge is 0.433 e. The minimum absolute atomic E-state index is 0.412. The van der Waals surface area contributed by atoms with Crippen molar-refractivity contribution in [3.63, 3.8) is 0 Å². The van der Waals surface area contributed by atoms with E-state index in [2.05, 4.69) is 0 Å². The number of para-hydroxylation sites is 1. The highest BCUT2D eigenvalue weighted by Crippen LogP contribution is 2.53. The predicted molar refractivity (Wildman–Crippen MR) is 145 cm³/mol. The van der Waals surface area contributed by atoms with Crippen LogP contribution in [0.1, 0.15) is 54.8 Å². The first-order valence-electron chi connectivity index (χ1n) is 12.4. The number of carbonyl (C=O) groups excluding carboxylic acids is 1. The Morgan fingerprint density at radius 1 is 0.919 bits per heavy atom. The molecular formula is C31H31ClN2O3. The smallest absolute Gasteiger partial charge is 0.346 e. The standard InChI is InChI=1S/C31H31ClN2O3/c1-20-26(21(2)34(33-20)25-14-10-7-11-15-25)27(22-16-18-24(32)19-17-22)31(23-12-8-6-9-13-23)28(35)36-29(37-31)30(3,4)5/h6-19,27,29H,1-5H3/t27-,29-,31-/m1/s1. The molecule has 37 heavy (non-hydrogen) atoms. The van der Waals surface area contributed by atoms with Crippen LogP contribution in [0.15, 0.2) is 84.9 Å². The van der Waals surface area contributed by atoms with Gasteiger partial charge in [-0.25, -0.2) is 9.48 Å². The zero-order valence-corrected chi connectivity index (χ0v) is 22.5. The molecule has 1 aliphatic rings. The maximum absolute atomic E-state index is 14.1. The third kappa shape index (κ3) is 4.36. The van der Waals surface area contributed by atoms with Crippen LogP contribution >= 0.6 is 11.6 Å². The number of rotatable bonds is 5. The fourth-order valence-electron chi connectivity index (χ4n) is 5.16. The Morgan fingerprint density at radius 3 is 2.08 bits per heavy atom. The molecule has 1 aliphatic heterocycles. The second kappa shape index (κ2) is 9.47. The fraction of sp³-hybridized carbons (Fsp3) is 0.290. The lowest BCUT2D eigenvalue weighted by Crippen LogP contribution is -2.42. The van der Waals surface area contributed by atoms with E-state index in [1.807, 2.05) is 124 Å². The molecule has 4 aromatic rings. The Bertz CT molecular complexity index is 1410. The first-order chi connectivity index (χ1) is 17.6. The van der Waals surface area contributed by atoms with E-state index in [1.165, 1.54) is 0 Å². The summed E-state index contributed by atoms with van der Waals surface area (Å²) < 4.78 is 14.7. The van der Waals surface area contributed by atoms with Gasteiger partial charge in [0.25, 0.3) is 0 Å². The number of benzene rings is 3. The molecule has 3 atom stereocenters. The summed E-state index contributed by atoms with van der Waals surface area (Å²) in [4.78, 5) is 14.1. The molecule has 0 N–H and O–H groups in total. The van der Waals surface area contributed by atoms with Gasteiger partial charge in [-0.05, 0) is 49.2 Å². The maximum Gasteiger partial charge on any atom is 0.346 e. The highest BCUT2D eigenvalue weighted by Gasteiger charge is 2.60. The molecule has 190 valence electrons. The summed E-state index contributed by atoms with van der Waals surface area (Å²) in [7, 11) is 0. The molecule has 0 unspecified atom stereocenters. The number of halogens is 1. The summed E-state index contributed by atoms with van der Waals surface area (Å²) >= 11 is 6.29. The number of nitrogens with zero attached hydrogens (tertiary/aromatic N) is 2. The highest BCUT2D eigenvalue weighted by atomic mass is 35.5. The first kappa shape index (κ1) is 25.2. The van der Waals surface area contributed by atoms with Crippen molar-refractivity contribution in [1.29, 1.82) is 0 Å². The van der Waals surface area contributed by atoms with Crippen LogP contribution in [0.5, 0.6) is 0 Å². The minimum atomic E-state index is -1.42. The molecule has 1 fully saturated rings. The monoisotopic (exact) mass is 514 g/mol. The van der Waals surface area contributed by atoms with Gasteiger partial charge in [0, 0.05) is 21.7 Å². The molecule has 5 nitrogen and oxygen atoms in total. The van der Waals surface area contributed by atoms with Crippen molar-refractivity contribution in [2.24, 2.45) is 5.41 Å². The average molecular weight is 515 g/mol. The van der Waals surface area contributed by atoms with Gasteiger partial charge in [-0.1, -0.05) is 93.0 Å². The van der Waals surface area contributed by atoms with E-state index < -0.39 is 29.2 Å². The third-order valence-electron chi connectivity index (χ3n) is 6.97. The van der Waals surface area contributed by atoms with E-state index in [0.717, 1.165) is 33.8 Å². The molecule has 1 saturated heterocycles. The van der Waals surface area contributed by atoms with Gasteiger partial charge in [0.15, 0.2) is 0 Å². The Hall–Kier alpha value is -3.41. The zero-order valence-electron chi connectivity index (χ0n) is 21.7. The molecular weight excluding hydrogens is 484 g/mol. The van der Waals surface area contributed by atoms with Crippen LogP contribution in [0.3, 0.4) is 0 Å². The number of esters is 1. The lowest BCUT2D eigenvalue weighted by molar-refractivity contribution is -0.157. The molecule has 2 heterocycles. The third-order valence-corrected chi connectivity index (χ3v) is 7.22. The van der Waals surface area contributed by atoms with E-state index in [-0.39, 0.29) is 0 Å². The Balaban J connectivity index is 1.81. The van der Waals surface area contributed by atoms with Crippen LogP contribution in [-0.4, -0.2) is 22.0 Å². The predicted octanol–water partition coefficient (Wildman–Crippen LogP) is 7.12. The Kier molecular flexibility index (Phi) is 6.47. The average Bonchev–Trinajstić information content (AvgIpc) is 3.39. The van der Waals surface area contributed by atoms with E-state index in [0.29, 0.717) is 5.02 Å². The normalized spacial score (nSPS) is 20.6. The molecule has 0 bridgehead atoms. The van der Waals surface area contributed by atoms with Crippen LogP contribution in [0.2, 0.25) is 5.02 Å². The van der Waals surface area contributed by atoms with Gasteiger partial charge in [0.05, 0.1) is 17.3 Å². The second-order valence-corrected chi connectivity index (χ2v) is 11.1. The highest BCUT2D eigenvalue weighted by molar-refractivity contribution is 6.30. The Labute approximate surface area is 223 Å². The van der Waals surface area contributed by atoms with Gasteiger partial charge in [-0.3, -0.25) is 0 Å². The van der Waals surface area contributed by atoms with Crippen molar-refractivity contribution >= 4 is 17.6 Å². The van der Waals surface area contributed by atoms with Gasteiger partial charge < -0.3 is 9.47 Å². The molecule has 0 saturated carbocycles. The first-order valence-corrected chi connectivity index (χ1v) is 12.8. The van der Waals surface area contributed by atoms with Crippen molar-refractivity contribution in [3.05, 3.63) is 118 Å². The lowest BCUT2D eigenvalue weighted by atomic mass is 9.72. The summed E-state index contributed by atoms with van der Waals surface area (Å²) in [6.45, 7) is 10.0. The van der Waals surface area contributed by atoms with Crippen molar-refractivity contribution in [3.8, 4) is 5.69 Å². The summed E-state index contributed by atoms with van der Waals surface area (Å²) in [5.41, 5.74) is 3.38. The number of hydrogen-bond donors (Lipinski definition) is 0. The summed E-state index contributed by atoms with van der Waals surface area (Å²) in [5.74, 6) is -0.950. The van der Waals surface area contributed by atoms with E-state index in [9.17, 15) is 4.79 Å². The Morgan fingerprint density at radius 2 is 1.51 bits per heavy atom. The topological polar surface area (TPSA) is 53.4 Å². The van der Waals surface area contributed by atoms with Gasteiger partial charge in [-0.2, -0.15) is 5.10 Å². The lowest BCUT2D eigenvalue weighted by Gasteiger charge is -2.36. The molecule has 0 aliphatic carbocycles. The van der Waals surface area contributed by atoms with Crippen molar-refractivity contribution in [1.82, 2.24) is 9.78 Å². The zero-order chi connectivity index (χ0) is 26.4. The van der Waals surface area contributed by atoms with Crippen molar-refractivity contribution in [2.75, 3.05) is 0 Å². The van der Waals surface area contributed by atoms with Crippen LogP contribution in [-0.2, 0) is 19.9 Å². The number of carbonyl (C=O) groups is 1. The van der Waals surface area contributed by atoms with E-state index in [1.54, 1.807) is 0 Å². The van der Waals surface area contributed by atoms with Gasteiger partial charge in [-0.15, -0.1) is 0 Å². The summed E-state index contributed by atoms with van der Waals surface area (Å²) in [6, 6.07) is 27.2. The molecule has 6 heteroatoms. The number of cyclic esters (lactones) is 1. The molecule has 3 aromatic carbocycles. The van der Waals surface area contributed by atoms with Gasteiger partial charge in [0.1, 0.15) is 0 Å². The second-order valence-electron chi connectivity index (χ2n) is 10.6. The summed E-state index contributed by atoms with van der Waals surface area (Å²) in [6.07, 6.45) is -0.722. The maximum atomic E-state index is 14.1. The molecule has 1 aromatic heterocycles. The number of hydrogen-bond acceptors (Lipinski definition) is 4. The number of ether oxygens (including phenoxy) is 2. The van der Waals surface area contributed by atoms with Gasteiger partial charge >= 0.3 is 5.97 Å². The quantitative estimate of drug-likeness (QED) is 0.266.